The number of hydrogen-bond acceptors (Lipinski definition) is 4. The maximum absolute atomic E-state index is 12.6. The van der Waals surface area contributed by atoms with E-state index in [9.17, 15) is 4.79 Å². The van der Waals surface area contributed by atoms with Crippen LogP contribution < -0.4 is 10.1 Å². The zero-order valence-electron chi connectivity index (χ0n) is 12.9. The number of rotatable bonds is 3. The van der Waals surface area contributed by atoms with Crippen molar-refractivity contribution in [2.24, 2.45) is 0 Å². The van der Waals surface area contributed by atoms with Gasteiger partial charge in [0, 0.05) is 26.2 Å². The number of carbonyl (C=O) groups excluding carboxylic acids is 1. The molecule has 1 fully saturated rings. The lowest BCUT2D eigenvalue weighted by Gasteiger charge is -2.27. The summed E-state index contributed by atoms with van der Waals surface area (Å²) in [6.07, 6.45) is 1.66. The predicted molar refractivity (Wildman–Crippen MR) is 83.6 cm³/mol. The lowest BCUT2D eigenvalue weighted by Crippen LogP contribution is -2.46. The first-order valence-corrected chi connectivity index (χ1v) is 7.40. The molecule has 3 rings (SSSR count). The third-order valence-electron chi connectivity index (χ3n) is 3.96. The van der Waals surface area contributed by atoms with Gasteiger partial charge < -0.3 is 15.0 Å². The van der Waals surface area contributed by atoms with Gasteiger partial charge in [0.05, 0.1) is 30.3 Å². The van der Waals surface area contributed by atoms with E-state index in [-0.39, 0.29) is 5.91 Å². The van der Waals surface area contributed by atoms with Crippen LogP contribution in [0.25, 0.3) is 5.69 Å². The summed E-state index contributed by atoms with van der Waals surface area (Å²) in [6, 6.07) is 7.62. The highest BCUT2D eigenvalue weighted by molar-refractivity contribution is 5.95. The topological polar surface area (TPSA) is 59.4 Å². The first-order chi connectivity index (χ1) is 10.7. The molecule has 6 nitrogen and oxygen atoms in total. The van der Waals surface area contributed by atoms with Crippen molar-refractivity contribution >= 4 is 5.91 Å². The highest BCUT2D eigenvalue weighted by Gasteiger charge is 2.22. The number of carbonyl (C=O) groups is 1. The third-order valence-corrected chi connectivity index (χ3v) is 3.96. The van der Waals surface area contributed by atoms with Crippen LogP contribution in [-0.4, -0.2) is 53.9 Å². The average Bonchev–Trinajstić information content (AvgIpc) is 2.96. The number of nitrogens with zero attached hydrogens (tertiary/aromatic N) is 3. The van der Waals surface area contributed by atoms with Crippen LogP contribution in [0, 0.1) is 6.92 Å². The minimum atomic E-state index is 0.0544. The molecule has 1 saturated heterocycles. The Kier molecular flexibility index (Phi) is 4.11. The van der Waals surface area contributed by atoms with E-state index in [0.29, 0.717) is 5.56 Å². The van der Waals surface area contributed by atoms with Crippen LogP contribution in [0.2, 0.25) is 0 Å². The van der Waals surface area contributed by atoms with Crippen molar-refractivity contribution in [3.8, 4) is 11.4 Å². The molecule has 0 radical (unpaired) electrons. The van der Waals surface area contributed by atoms with Gasteiger partial charge in [0.15, 0.2) is 0 Å². The van der Waals surface area contributed by atoms with Crippen LogP contribution in [0.5, 0.6) is 5.75 Å². The van der Waals surface area contributed by atoms with E-state index in [1.165, 1.54) is 0 Å². The summed E-state index contributed by atoms with van der Waals surface area (Å²) >= 11 is 0. The highest BCUT2D eigenvalue weighted by Crippen LogP contribution is 2.19. The van der Waals surface area contributed by atoms with Gasteiger partial charge in [-0.3, -0.25) is 4.79 Å². The van der Waals surface area contributed by atoms with Crippen LogP contribution in [-0.2, 0) is 0 Å². The molecule has 1 N–H and O–H groups in total. The number of aromatic nitrogens is 2. The molecule has 0 atom stereocenters. The summed E-state index contributed by atoms with van der Waals surface area (Å²) in [4.78, 5) is 14.5. The molecule has 22 heavy (non-hydrogen) atoms. The fraction of sp³-hybridized carbons (Fsp3) is 0.375. The first-order valence-electron chi connectivity index (χ1n) is 7.40. The largest absolute Gasteiger partial charge is 0.497 e. The van der Waals surface area contributed by atoms with E-state index in [4.69, 9.17) is 4.74 Å². The molecule has 6 heteroatoms. The Morgan fingerprint density at radius 3 is 2.55 bits per heavy atom. The van der Waals surface area contributed by atoms with Crippen molar-refractivity contribution in [1.82, 2.24) is 20.0 Å². The molecule has 0 saturated carbocycles. The van der Waals surface area contributed by atoms with Gasteiger partial charge in [-0.2, -0.15) is 5.10 Å². The second-order valence-corrected chi connectivity index (χ2v) is 5.30. The van der Waals surface area contributed by atoms with Crippen molar-refractivity contribution in [3.05, 3.63) is 41.7 Å². The van der Waals surface area contributed by atoms with Crippen LogP contribution in [0.4, 0.5) is 0 Å². The number of benzene rings is 1. The van der Waals surface area contributed by atoms with Gasteiger partial charge in [0.1, 0.15) is 5.75 Å². The Bertz CT molecular complexity index is 657. The van der Waals surface area contributed by atoms with Crippen LogP contribution in [0.1, 0.15) is 16.1 Å². The molecule has 0 bridgehead atoms. The molecule has 1 amide bonds. The number of nitrogens with one attached hydrogen (secondary N) is 1. The molecule has 0 aliphatic carbocycles. The first kappa shape index (κ1) is 14.6. The molecule has 1 aromatic carbocycles. The van der Waals surface area contributed by atoms with Gasteiger partial charge in [0.25, 0.3) is 5.91 Å². The zero-order valence-corrected chi connectivity index (χ0v) is 12.9. The molecule has 2 heterocycles. The third kappa shape index (κ3) is 2.69. The normalized spacial score (nSPS) is 14.9. The number of amides is 1. The Balaban J connectivity index is 1.85. The Hall–Kier alpha value is -2.34. The van der Waals surface area contributed by atoms with Crippen molar-refractivity contribution in [2.75, 3.05) is 33.3 Å². The molecule has 2 aromatic rings. The summed E-state index contributed by atoms with van der Waals surface area (Å²) in [5, 5.41) is 7.62. The van der Waals surface area contributed by atoms with Gasteiger partial charge in [-0.25, -0.2) is 4.68 Å². The lowest BCUT2D eigenvalue weighted by molar-refractivity contribution is 0.0735. The SMILES string of the molecule is COc1ccc(-n2ncc(C(=O)N3CCNCC3)c2C)cc1. The summed E-state index contributed by atoms with van der Waals surface area (Å²) in [7, 11) is 1.64. The summed E-state index contributed by atoms with van der Waals surface area (Å²) < 4.78 is 6.95. The summed E-state index contributed by atoms with van der Waals surface area (Å²) in [5.74, 6) is 0.851. The Morgan fingerprint density at radius 2 is 1.91 bits per heavy atom. The maximum atomic E-state index is 12.6. The fourth-order valence-electron chi connectivity index (χ4n) is 2.64. The van der Waals surface area contributed by atoms with Crippen molar-refractivity contribution in [1.29, 1.82) is 0 Å². The molecule has 0 spiro atoms. The molecule has 116 valence electrons. The van der Waals surface area contributed by atoms with E-state index in [1.807, 2.05) is 36.1 Å². The second-order valence-electron chi connectivity index (χ2n) is 5.30. The van der Waals surface area contributed by atoms with Crippen molar-refractivity contribution in [2.45, 2.75) is 6.92 Å². The van der Waals surface area contributed by atoms with E-state index in [2.05, 4.69) is 10.4 Å². The summed E-state index contributed by atoms with van der Waals surface area (Å²) in [6.45, 7) is 5.10. The molecular weight excluding hydrogens is 280 g/mol. The average molecular weight is 300 g/mol. The molecule has 1 aliphatic heterocycles. The monoisotopic (exact) mass is 300 g/mol. The van der Waals surface area contributed by atoms with Gasteiger partial charge in [-0.05, 0) is 31.2 Å². The minimum Gasteiger partial charge on any atom is -0.497 e. The minimum absolute atomic E-state index is 0.0544. The zero-order chi connectivity index (χ0) is 15.5. The number of methoxy groups -OCH3 is 1. The van der Waals surface area contributed by atoms with E-state index in [1.54, 1.807) is 18.0 Å². The van der Waals surface area contributed by atoms with Crippen molar-refractivity contribution in [3.63, 3.8) is 0 Å². The van der Waals surface area contributed by atoms with E-state index in [0.717, 1.165) is 43.3 Å². The van der Waals surface area contributed by atoms with Crippen LogP contribution >= 0.6 is 0 Å². The van der Waals surface area contributed by atoms with Gasteiger partial charge >= 0.3 is 0 Å². The quantitative estimate of drug-likeness (QED) is 0.926. The molecule has 0 unspecified atom stereocenters. The standard InChI is InChI=1S/C16H20N4O2/c1-12-15(16(21)19-9-7-17-8-10-19)11-18-20(12)13-3-5-14(22-2)6-4-13/h3-6,11,17H,7-10H2,1-2H3. The molecule has 1 aromatic heterocycles. The van der Waals surface area contributed by atoms with Crippen LogP contribution in [0.3, 0.4) is 0 Å². The van der Waals surface area contributed by atoms with Crippen molar-refractivity contribution < 1.29 is 9.53 Å². The van der Waals surface area contributed by atoms with E-state index < -0.39 is 0 Å². The molecular formula is C16H20N4O2. The lowest BCUT2D eigenvalue weighted by atomic mass is 10.2. The van der Waals surface area contributed by atoms with Crippen LogP contribution in [0.15, 0.2) is 30.5 Å². The van der Waals surface area contributed by atoms with Gasteiger partial charge in [-0.1, -0.05) is 0 Å². The Morgan fingerprint density at radius 1 is 1.23 bits per heavy atom. The predicted octanol–water partition coefficient (Wildman–Crippen LogP) is 1.23. The maximum Gasteiger partial charge on any atom is 0.257 e. The smallest absolute Gasteiger partial charge is 0.257 e. The Labute approximate surface area is 129 Å². The second kappa shape index (κ2) is 6.19. The fourth-order valence-corrected chi connectivity index (χ4v) is 2.64. The van der Waals surface area contributed by atoms with Gasteiger partial charge in [0.2, 0.25) is 0 Å². The molecule has 1 aliphatic rings. The van der Waals surface area contributed by atoms with Gasteiger partial charge in [-0.15, -0.1) is 0 Å². The van der Waals surface area contributed by atoms with E-state index >= 15 is 0 Å². The number of piperazine rings is 1. The number of ether oxygens (including phenoxy) is 1. The summed E-state index contributed by atoms with van der Waals surface area (Å²) in [5.41, 5.74) is 2.43. The highest BCUT2D eigenvalue weighted by atomic mass is 16.5. The number of hydrogen-bond donors (Lipinski definition) is 1.